The van der Waals surface area contributed by atoms with Crippen molar-refractivity contribution in [2.24, 2.45) is 17.8 Å². The third kappa shape index (κ3) is 1.67. The Bertz CT molecular complexity index is 555. The third-order valence-corrected chi connectivity index (χ3v) is 5.78. The second-order valence-electron chi connectivity index (χ2n) is 7.20. The van der Waals surface area contributed by atoms with E-state index in [1.54, 1.807) is 0 Å². The molecule has 4 bridgehead atoms. The van der Waals surface area contributed by atoms with Gasteiger partial charge in [-0.2, -0.15) is 10.4 Å². The zero-order chi connectivity index (χ0) is 13.7. The lowest BCUT2D eigenvalue weighted by atomic mass is 9.49. The Kier molecular flexibility index (Phi) is 2.57. The smallest absolute Gasteiger partial charge is 0.162 e. The van der Waals surface area contributed by atoms with E-state index in [0.29, 0.717) is 11.1 Å². The predicted molar refractivity (Wildman–Crippen MR) is 77.0 cm³/mol. The van der Waals surface area contributed by atoms with Gasteiger partial charge in [0.25, 0.3) is 0 Å². The zero-order valence-electron chi connectivity index (χ0n) is 11.9. The lowest BCUT2D eigenvalue weighted by Crippen LogP contribution is -2.49. The molecule has 1 aromatic heterocycles. The Labute approximate surface area is 120 Å². The summed E-state index contributed by atoms with van der Waals surface area (Å²) >= 11 is 0. The molecule has 3 nitrogen and oxygen atoms in total. The Balaban J connectivity index is 1.78. The molecule has 4 saturated carbocycles. The standard InChI is InChI=1S/C17H21N3/c1-2-3-20-16(7-15(11-18)19-20)17-8-12-4-13(9-17)6-14(5-12)10-17/h2,7,12-14H,1,3-6,8-10H2. The summed E-state index contributed by atoms with van der Waals surface area (Å²) in [6, 6.07) is 4.26. The van der Waals surface area contributed by atoms with E-state index in [1.807, 2.05) is 10.8 Å². The second kappa shape index (κ2) is 4.22. The van der Waals surface area contributed by atoms with Crippen LogP contribution < -0.4 is 0 Å². The molecule has 1 aromatic rings. The van der Waals surface area contributed by atoms with E-state index in [-0.39, 0.29) is 0 Å². The van der Waals surface area contributed by atoms with Gasteiger partial charge in [0.15, 0.2) is 5.69 Å². The Hall–Kier alpha value is -1.56. The summed E-state index contributed by atoms with van der Waals surface area (Å²) in [4.78, 5) is 0. The molecule has 20 heavy (non-hydrogen) atoms. The molecule has 5 rings (SSSR count). The number of allylic oxidation sites excluding steroid dienone is 1. The van der Waals surface area contributed by atoms with Crippen molar-refractivity contribution < 1.29 is 0 Å². The van der Waals surface area contributed by atoms with Crippen LogP contribution in [0.15, 0.2) is 18.7 Å². The van der Waals surface area contributed by atoms with Crippen LogP contribution >= 0.6 is 0 Å². The van der Waals surface area contributed by atoms with Gasteiger partial charge in [-0.15, -0.1) is 6.58 Å². The topological polar surface area (TPSA) is 41.6 Å². The van der Waals surface area contributed by atoms with Crippen molar-refractivity contribution >= 4 is 0 Å². The number of hydrogen-bond acceptors (Lipinski definition) is 2. The summed E-state index contributed by atoms with van der Waals surface area (Å²) < 4.78 is 2.04. The minimum atomic E-state index is 0.305. The van der Waals surface area contributed by atoms with Crippen molar-refractivity contribution in [3.8, 4) is 6.07 Å². The normalized spacial score (nSPS) is 37.9. The minimum Gasteiger partial charge on any atom is -0.264 e. The zero-order valence-corrected chi connectivity index (χ0v) is 11.9. The first-order chi connectivity index (χ1) is 9.72. The van der Waals surface area contributed by atoms with Crippen molar-refractivity contribution in [1.82, 2.24) is 9.78 Å². The van der Waals surface area contributed by atoms with Gasteiger partial charge < -0.3 is 0 Å². The predicted octanol–water partition coefficient (Wildman–Crippen LogP) is 3.41. The molecule has 0 spiro atoms. The summed E-state index contributed by atoms with van der Waals surface area (Å²) in [6.07, 6.45) is 10.2. The van der Waals surface area contributed by atoms with Crippen LogP contribution in [0.25, 0.3) is 0 Å². The molecule has 0 radical (unpaired) electrons. The number of rotatable bonds is 3. The van der Waals surface area contributed by atoms with Gasteiger partial charge in [-0.05, 0) is 62.3 Å². The van der Waals surface area contributed by atoms with E-state index in [4.69, 9.17) is 0 Å². The maximum atomic E-state index is 9.17. The quantitative estimate of drug-likeness (QED) is 0.787. The highest BCUT2D eigenvalue weighted by atomic mass is 15.3. The van der Waals surface area contributed by atoms with Gasteiger partial charge in [0.05, 0.1) is 6.54 Å². The SMILES string of the molecule is C=CCn1nc(C#N)cc1C12CC3CC(CC(C3)C1)C2. The van der Waals surface area contributed by atoms with Crippen LogP contribution in [0.5, 0.6) is 0 Å². The van der Waals surface area contributed by atoms with Crippen LogP contribution in [0.2, 0.25) is 0 Å². The molecule has 0 amide bonds. The molecule has 0 atom stereocenters. The van der Waals surface area contributed by atoms with E-state index in [9.17, 15) is 5.26 Å². The van der Waals surface area contributed by atoms with Gasteiger partial charge in [-0.1, -0.05) is 6.08 Å². The molecule has 3 heteroatoms. The van der Waals surface area contributed by atoms with Crippen molar-refractivity contribution in [3.63, 3.8) is 0 Å². The molecule has 0 unspecified atom stereocenters. The molecular weight excluding hydrogens is 246 g/mol. The number of nitriles is 1. The van der Waals surface area contributed by atoms with Gasteiger partial charge in [0, 0.05) is 11.1 Å². The van der Waals surface area contributed by atoms with E-state index in [2.05, 4.69) is 23.8 Å². The van der Waals surface area contributed by atoms with E-state index in [1.165, 1.54) is 44.2 Å². The number of nitrogens with zero attached hydrogens (tertiary/aromatic N) is 3. The molecule has 4 aliphatic rings. The van der Waals surface area contributed by atoms with Crippen molar-refractivity contribution in [3.05, 3.63) is 30.1 Å². The van der Waals surface area contributed by atoms with Gasteiger partial charge >= 0.3 is 0 Å². The van der Waals surface area contributed by atoms with E-state index in [0.717, 1.165) is 24.3 Å². The van der Waals surface area contributed by atoms with Gasteiger partial charge in [-0.25, -0.2) is 0 Å². The highest BCUT2D eigenvalue weighted by Gasteiger charge is 2.52. The van der Waals surface area contributed by atoms with E-state index >= 15 is 0 Å². The van der Waals surface area contributed by atoms with Crippen LogP contribution in [0.3, 0.4) is 0 Å². The van der Waals surface area contributed by atoms with E-state index < -0.39 is 0 Å². The molecule has 0 aromatic carbocycles. The fraction of sp³-hybridized carbons (Fsp3) is 0.647. The van der Waals surface area contributed by atoms with Crippen LogP contribution in [-0.4, -0.2) is 9.78 Å². The molecule has 4 aliphatic carbocycles. The lowest BCUT2D eigenvalue weighted by molar-refractivity contribution is -0.00911. The maximum Gasteiger partial charge on any atom is 0.162 e. The van der Waals surface area contributed by atoms with Gasteiger partial charge in [0.1, 0.15) is 6.07 Å². The molecule has 0 aliphatic heterocycles. The van der Waals surface area contributed by atoms with Crippen LogP contribution in [0.4, 0.5) is 0 Å². The molecule has 104 valence electrons. The molecule has 4 fully saturated rings. The monoisotopic (exact) mass is 267 g/mol. The van der Waals surface area contributed by atoms with Gasteiger partial charge in [-0.3, -0.25) is 4.68 Å². The first kappa shape index (κ1) is 12.2. The third-order valence-electron chi connectivity index (χ3n) is 5.78. The first-order valence-electron chi connectivity index (χ1n) is 7.82. The molecular formula is C17H21N3. The highest BCUT2D eigenvalue weighted by molar-refractivity contribution is 5.30. The van der Waals surface area contributed by atoms with Crippen molar-refractivity contribution in [2.45, 2.75) is 50.5 Å². The summed E-state index contributed by atoms with van der Waals surface area (Å²) in [5.41, 5.74) is 2.19. The van der Waals surface area contributed by atoms with Crippen molar-refractivity contribution in [1.29, 1.82) is 5.26 Å². The minimum absolute atomic E-state index is 0.305. The van der Waals surface area contributed by atoms with Crippen LogP contribution in [0.1, 0.15) is 49.9 Å². The average molecular weight is 267 g/mol. The van der Waals surface area contributed by atoms with Gasteiger partial charge in [0.2, 0.25) is 0 Å². The number of aromatic nitrogens is 2. The Morgan fingerprint density at radius 3 is 2.40 bits per heavy atom. The first-order valence-corrected chi connectivity index (χ1v) is 7.82. The average Bonchev–Trinajstić information content (AvgIpc) is 2.81. The number of hydrogen-bond donors (Lipinski definition) is 0. The summed E-state index contributed by atoms with van der Waals surface area (Å²) in [5.74, 6) is 2.75. The molecule has 1 heterocycles. The second-order valence-corrected chi connectivity index (χ2v) is 7.20. The molecule has 0 N–H and O–H groups in total. The van der Waals surface area contributed by atoms with Crippen LogP contribution in [-0.2, 0) is 12.0 Å². The Morgan fingerprint density at radius 1 is 1.30 bits per heavy atom. The largest absolute Gasteiger partial charge is 0.264 e. The summed E-state index contributed by atoms with van der Waals surface area (Å²) in [5, 5.41) is 13.6. The molecule has 0 saturated heterocycles. The lowest BCUT2D eigenvalue weighted by Gasteiger charge is -2.56. The highest BCUT2D eigenvalue weighted by Crippen LogP contribution is 2.60. The maximum absolute atomic E-state index is 9.17. The summed E-state index contributed by atoms with van der Waals surface area (Å²) in [7, 11) is 0. The van der Waals surface area contributed by atoms with Crippen molar-refractivity contribution in [2.75, 3.05) is 0 Å². The van der Waals surface area contributed by atoms with Crippen LogP contribution in [0, 0.1) is 29.1 Å². The fourth-order valence-corrected chi connectivity index (χ4v) is 5.58. The Morgan fingerprint density at radius 2 is 1.90 bits per heavy atom. The summed E-state index contributed by atoms with van der Waals surface area (Å²) in [6.45, 7) is 4.56. The fourth-order valence-electron chi connectivity index (χ4n) is 5.58.